The first-order valence-electron chi connectivity index (χ1n) is 5.76. The van der Waals surface area contributed by atoms with Crippen molar-refractivity contribution in [2.24, 2.45) is 0 Å². The van der Waals surface area contributed by atoms with Gasteiger partial charge in [-0.3, -0.25) is 0 Å². The zero-order valence-corrected chi connectivity index (χ0v) is 9.93. The van der Waals surface area contributed by atoms with Crippen LogP contribution in [0.4, 0.5) is 0 Å². The van der Waals surface area contributed by atoms with Crippen LogP contribution in [-0.2, 0) is 6.61 Å². The third-order valence-corrected chi connectivity index (χ3v) is 2.72. The highest BCUT2D eigenvalue weighted by atomic mass is 16.3. The summed E-state index contributed by atoms with van der Waals surface area (Å²) in [5.74, 6) is 0. The Morgan fingerprint density at radius 3 is 2.41 bits per heavy atom. The number of allylic oxidation sites excluding steroid dienone is 1. The van der Waals surface area contributed by atoms with Gasteiger partial charge in [0.2, 0.25) is 0 Å². The molecule has 17 heavy (non-hydrogen) atoms. The highest BCUT2D eigenvalue weighted by molar-refractivity contribution is 5.67. The first kappa shape index (κ1) is 11.6. The first-order chi connectivity index (χ1) is 8.33. The van der Waals surface area contributed by atoms with Crippen molar-refractivity contribution in [2.75, 3.05) is 0 Å². The number of aliphatic hydroxyl groups is 1. The molecule has 0 radical (unpaired) electrons. The fourth-order valence-electron chi connectivity index (χ4n) is 1.82. The van der Waals surface area contributed by atoms with Crippen molar-refractivity contribution in [3.8, 4) is 11.1 Å². The fraction of sp³-hybridized carbons (Fsp3) is 0.125. The van der Waals surface area contributed by atoms with Crippen LogP contribution in [0.2, 0.25) is 0 Å². The Hall–Kier alpha value is -1.86. The molecule has 0 aromatic heterocycles. The molecule has 86 valence electrons. The summed E-state index contributed by atoms with van der Waals surface area (Å²) in [7, 11) is 0. The van der Waals surface area contributed by atoms with Crippen molar-refractivity contribution in [1.29, 1.82) is 0 Å². The summed E-state index contributed by atoms with van der Waals surface area (Å²) < 4.78 is 0. The van der Waals surface area contributed by atoms with E-state index in [9.17, 15) is 0 Å². The normalized spacial score (nSPS) is 10.9. The largest absolute Gasteiger partial charge is 0.392 e. The summed E-state index contributed by atoms with van der Waals surface area (Å²) >= 11 is 0. The predicted octanol–water partition coefficient (Wildman–Crippen LogP) is 3.88. The van der Waals surface area contributed by atoms with Crippen LogP contribution in [0.5, 0.6) is 0 Å². The standard InChI is InChI=1S/C16H16O/c1-2-4-13-5-3-6-16(11-13)15-9-7-14(12-17)8-10-15/h2-11,17H,12H2,1H3/b4-2-. The van der Waals surface area contributed by atoms with Gasteiger partial charge in [-0.25, -0.2) is 0 Å². The highest BCUT2D eigenvalue weighted by Crippen LogP contribution is 2.21. The Morgan fingerprint density at radius 1 is 1.00 bits per heavy atom. The molecule has 2 aromatic rings. The van der Waals surface area contributed by atoms with Gasteiger partial charge < -0.3 is 5.11 Å². The lowest BCUT2D eigenvalue weighted by Crippen LogP contribution is -1.83. The maximum atomic E-state index is 9.00. The molecule has 0 saturated heterocycles. The molecule has 0 aliphatic heterocycles. The van der Waals surface area contributed by atoms with Crippen LogP contribution in [0.25, 0.3) is 17.2 Å². The molecule has 1 N–H and O–H groups in total. The second-order valence-corrected chi connectivity index (χ2v) is 3.98. The molecule has 0 heterocycles. The van der Waals surface area contributed by atoms with Crippen molar-refractivity contribution in [3.63, 3.8) is 0 Å². The van der Waals surface area contributed by atoms with E-state index in [4.69, 9.17) is 5.11 Å². The zero-order valence-electron chi connectivity index (χ0n) is 9.93. The summed E-state index contributed by atoms with van der Waals surface area (Å²) in [5.41, 5.74) is 4.52. The highest BCUT2D eigenvalue weighted by Gasteiger charge is 1.98. The molecule has 1 nitrogen and oxygen atoms in total. The minimum atomic E-state index is 0.0961. The van der Waals surface area contributed by atoms with Gasteiger partial charge in [0, 0.05) is 0 Å². The van der Waals surface area contributed by atoms with Gasteiger partial charge in [-0.2, -0.15) is 0 Å². The lowest BCUT2D eigenvalue weighted by molar-refractivity contribution is 0.282. The maximum absolute atomic E-state index is 9.00. The maximum Gasteiger partial charge on any atom is 0.0681 e. The van der Waals surface area contributed by atoms with Gasteiger partial charge in [0.05, 0.1) is 6.61 Å². The van der Waals surface area contributed by atoms with E-state index in [0.29, 0.717) is 0 Å². The third kappa shape index (κ3) is 2.83. The van der Waals surface area contributed by atoms with Gasteiger partial charge >= 0.3 is 0 Å². The van der Waals surface area contributed by atoms with Crippen molar-refractivity contribution < 1.29 is 5.11 Å². The number of hydrogen-bond acceptors (Lipinski definition) is 1. The van der Waals surface area contributed by atoms with E-state index in [1.54, 1.807) is 0 Å². The number of aliphatic hydroxyl groups excluding tert-OH is 1. The van der Waals surface area contributed by atoms with E-state index in [1.165, 1.54) is 16.7 Å². The summed E-state index contributed by atoms with van der Waals surface area (Å²) in [6, 6.07) is 16.4. The van der Waals surface area contributed by atoms with Crippen LogP contribution in [-0.4, -0.2) is 5.11 Å². The molecule has 2 rings (SSSR count). The van der Waals surface area contributed by atoms with Gasteiger partial charge in [-0.1, -0.05) is 54.6 Å². The summed E-state index contributed by atoms with van der Waals surface area (Å²) in [6.45, 7) is 2.11. The van der Waals surface area contributed by atoms with Gasteiger partial charge in [-0.15, -0.1) is 0 Å². The van der Waals surface area contributed by atoms with E-state index in [0.717, 1.165) is 5.56 Å². The molecular weight excluding hydrogens is 208 g/mol. The molecule has 0 aliphatic rings. The molecule has 0 aliphatic carbocycles. The lowest BCUT2D eigenvalue weighted by Gasteiger charge is -2.04. The zero-order chi connectivity index (χ0) is 12.1. The second kappa shape index (κ2) is 5.46. The van der Waals surface area contributed by atoms with Crippen LogP contribution in [0, 0.1) is 0 Å². The minimum absolute atomic E-state index is 0.0961. The van der Waals surface area contributed by atoms with Crippen molar-refractivity contribution in [1.82, 2.24) is 0 Å². The van der Waals surface area contributed by atoms with E-state index < -0.39 is 0 Å². The van der Waals surface area contributed by atoms with E-state index in [2.05, 4.69) is 30.3 Å². The van der Waals surface area contributed by atoms with Crippen LogP contribution in [0.1, 0.15) is 18.1 Å². The first-order valence-corrected chi connectivity index (χ1v) is 5.76. The Kier molecular flexibility index (Phi) is 3.73. The lowest BCUT2D eigenvalue weighted by atomic mass is 10.0. The summed E-state index contributed by atoms with van der Waals surface area (Å²) in [4.78, 5) is 0. The topological polar surface area (TPSA) is 20.2 Å². The van der Waals surface area contributed by atoms with Crippen LogP contribution in [0.15, 0.2) is 54.6 Å². The smallest absolute Gasteiger partial charge is 0.0681 e. The Bertz CT molecular complexity index is 509. The second-order valence-electron chi connectivity index (χ2n) is 3.98. The minimum Gasteiger partial charge on any atom is -0.392 e. The third-order valence-electron chi connectivity index (χ3n) is 2.72. The Balaban J connectivity index is 2.34. The number of hydrogen-bond donors (Lipinski definition) is 1. The van der Waals surface area contributed by atoms with Crippen LogP contribution in [0.3, 0.4) is 0 Å². The summed E-state index contributed by atoms with van der Waals surface area (Å²) in [5, 5.41) is 9.00. The Morgan fingerprint density at radius 2 is 1.76 bits per heavy atom. The van der Waals surface area contributed by atoms with E-state index in [1.807, 2.05) is 37.3 Å². The molecule has 0 spiro atoms. The SMILES string of the molecule is C/C=C\c1cccc(-c2ccc(CO)cc2)c1. The molecule has 0 fully saturated rings. The van der Waals surface area contributed by atoms with Gasteiger partial charge in [0.25, 0.3) is 0 Å². The van der Waals surface area contributed by atoms with Crippen molar-refractivity contribution in [2.45, 2.75) is 13.5 Å². The van der Waals surface area contributed by atoms with E-state index >= 15 is 0 Å². The fourth-order valence-corrected chi connectivity index (χ4v) is 1.82. The van der Waals surface area contributed by atoms with E-state index in [-0.39, 0.29) is 6.61 Å². The predicted molar refractivity (Wildman–Crippen MR) is 72.5 cm³/mol. The van der Waals surface area contributed by atoms with Gasteiger partial charge in [0.1, 0.15) is 0 Å². The average Bonchev–Trinajstić information content (AvgIpc) is 2.40. The quantitative estimate of drug-likeness (QED) is 0.838. The molecular formula is C16H16O. The van der Waals surface area contributed by atoms with Crippen LogP contribution < -0.4 is 0 Å². The molecule has 0 unspecified atom stereocenters. The average molecular weight is 224 g/mol. The summed E-state index contributed by atoms with van der Waals surface area (Å²) in [6.07, 6.45) is 4.12. The van der Waals surface area contributed by atoms with Crippen molar-refractivity contribution >= 4 is 6.08 Å². The van der Waals surface area contributed by atoms with Crippen LogP contribution >= 0.6 is 0 Å². The molecule has 0 saturated carbocycles. The molecule has 0 atom stereocenters. The molecule has 0 amide bonds. The molecule has 0 bridgehead atoms. The number of benzene rings is 2. The van der Waals surface area contributed by atoms with Gasteiger partial charge in [-0.05, 0) is 35.2 Å². The Labute approximate surface area is 102 Å². The molecule has 1 heteroatoms. The monoisotopic (exact) mass is 224 g/mol. The van der Waals surface area contributed by atoms with Crippen molar-refractivity contribution in [3.05, 3.63) is 65.7 Å². The molecule has 2 aromatic carbocycles. The number of rotatable bonds is 3. The van der Waals surface area contributed by atoms with Gasteiger partial charge in [0.15, 0.2) is 0 Å².